The number of hydrogen-bond acceptors (Lipinski definition) is 5. The summed E-state index contributed by atoms with van der Waals surface area (Å²) in [6.07, 6.45) is 2.07. The van der Waals surface area contributed by atoms with Crippen molar-refractivity contribution in [3.8, 4) is 11.5 Å². The summed E-state index contributed by atoms with van der Waals surface area (Å²) in [7, 11) is 0. The lowest BCUT2D eigenvalue weighted by Crippen LogP contribution is -2.03. The van der Waals surface area contributed by atoms with Gasteiger partial charge in [0.2, 0.25) is 0 Å². The fourth-order valence-corrected chi connectivity index (χ4v) is 2.64. The molecule has 0 spiro atoms. The zero-order valence-corrected chi connectivity index (χ0v) is 22.0. The quantitative estimate of drug-likeness (QED) is 0.186. The van der Waals surface area contributed by atoms with E-state index in [-0.39, 0.29) is 12.4 Å². The Balaban J connectivity index is 0.000000460. The minimum atomic E-state index is -0.788. The average Bonchev–Trinajstić information content (AvgIpc) is 2.74. The molecule has 0 aliphatic carbocycles. The summed E-state index contributed by atoms with van der Waals surface area (Å²) < 4.78 is 12.0. The first-order valence-electron chi connectivity index (χ1n) is 9.54. The van der Waals surface area contributed by atoms with E-state index in [2.05, 4.69) is 52.5 Å². The molecule has 0 saturated heterocycles. The van der Waals surface area contributed by atoms with E-state index in [4.69, 9.17) is 14.9 Å². The average molecular weight is 627 g/mol. The van der Waals surface area contributed by atoms with Crippen molar-refractivity contribution in [2.24, 2.45) is 0 Å². The fourth-order valence-electron chi connectivity index (χ4n) is 1.83. The second kappa shape index (κ2) is 19.1. The van der Waals surface area contributed by atoms with Crippen LogP contribution >= 0.6 is 47.8 Å². The van der Waals surface area contributed by atoms with Gasteiger partial charge in [-0.2, -0.15) is 0 Å². The molecule has 0 saturated carbocycles. The maximum Gasteiger partial charge on any atom is 0.305 e. The van der Waals surface area contributed by atoms with Crippen LogP contribution < -0.4 is 4.74 Å². The summed E-state index contributed by atoms with van der Waals surface area (Å²) in [5.41, 5.74) is 0. The van der Waals surface area contributed by atoms with Gasteiger partial charge >= 0.3 is 11.9 Å². The zero-order chi connectivity index (χ0) is 23.5. The molecule has 0 aliphatic rings. The molecule has 0 bridgehead atoms. The molecule has 0 atom stereocenters. The van der Waals surface area contributed by atoms with Crippen molar-refractivity contribution in [3.05, 3.63) is 57.5 Å². The molecule has 0 radical (unpaired) electrons. The first-order chi connectivity index (χ1) is 14.8. The highest BCUT2D eigenvalue weighted by Crippen LogP contribution is 2.16. The van der Waals surface area contributed by atoms with Gasteiger partial charge in [-0.05, 0) is 68.3 Å². The Hall–Kier alpha value is -1.58. The van der Waals surface area contributed by atoms with Gasteiger partial charge in [0.1, 0.15) is 11.5 Å². The van der Waals surface area contributed by atoms with Crippen molar-refractivity contribution in [2.75, 3.05) is 18.5 Å². The number of esters is 1. The highest BCUT2D eigenvalue weighted by atomic mass is 79.9. The molecule has 31 heavy (non-hydrogen) atoms. The largest absolute Gasteiger partial charge is 0.508 e. The predicted molar refractivity (Wildman–Crippen MR) is 132 cm³/mol. The van der Waals surface area contributed by atoms with E-state index < -0.39 is 5.97 Å². The number of benzene rings is 2. The van der Waals surface area contributed by atoms with Gasteiger partial charge in [-0.1, -0.05) is 47.8 Å². The molecule has 0 aromatic heterocycles. The van der Waals surface area contributed by atoms with E-state index in [1.165, 1.54) is 0 Å². The molecule has 0 unspecified atom stereocenters. The van der Waals surface area contributed by atoms with Crippen molar-refractivity contribution in [1.29, 1.82) is 0 Å². The van der Waals surface area contributed by atoms with Crippen LogP contribution in [0, 0.1) is 0 Å². The maximum atomic E-state index is 10.6. The van der Waals surface area contributed by atoms with Crippen molar-refractivity contribution >= 4 is 59.7 Å². The van der Waals surface area contributed by atoms with Gasteiger partial charge in [0.15, 0.2) is 0 Å². The second-order valence-electron chi connectivity index (χ2n) is 5.87. The summed E-state index contributed by atoms with van der Waals surface area (Å²) in [5, 5.41) is 18.0. The van der Waals surface area contributed by atoms with Crippen LogP contribution in [-0.4, -0.2) is 40.7 Å². The van der Waals surface area contributed by atoms with Gasteiger partial charge in [-0.25, -0.2) is 0 Å². The first kappa shape index (κ1) is 29.4. The summed E-state index contributed by atoms with van der Waals surface area (Å²) in [6, 6.07) is 14.3. The molecule has 6 nitrogen and oxygen atoms in total. The van der Waals surface area contributed by atoms with E-state index in [1.807, 2.05) is 31.2 Å². The third kappa shape index (κ3) is 18.9. The molecule has 9 heteroatoms. The van der Waals surface area contributed by atoms with Crippen LogP contribution in [-0.2, 0) is 14.3 Å². The number of carboxylic acids is 1. The van der Waals surface area contributed by atoms with E-state index >= 15 is 0 Å². The number of phenols is 1. The molecule has 2 aromatic carbocycles. The summed E-state index contributed by atoms with van der Waals surface area (Å²) >= 11 is 9.77. The lowest BCUT2D eigenvalue weighted by molar-refractivity contribution is -0.143. The van der Waals surface area contributed by atoms with E-state index in [0.717, 1.165) is 26.4 Å². The number of aromatic hydroxyl groups is 1. The number of halogens is 3. The molecule has 172 valence electrons. The highest BCUT2D eigenvalue weighted by molar-refractivity contribution is 9.10. The van der Waals surface area contributed by atoms with Crippen molar-refractivity contribution in [2.45, 2.75) is 32.6 Å². The molecular formula is C22H27Br3O6. The van der Waals surface area contributed by atoms with Crippen molar-refractivity contribution in [3.63, 3.8) is 0 Å². The summed E-state index contributed by atoms with van der Waals surface area (Å²) in [4.78, 5) is 20.8. The predicted octanol–water partition coefficient (Wildman–Crippen LogP) is 6.57. The molecule has 0 amide bonds. The zero-order valence-electron chi connectivity index (χ0n) is 17.2. The minimum Gasteiger partial charge on any atom is -0.508 e. The smallest absolute Gasteiger partial charge is 0.305 e. The standard InChI is InChI=1S/C10H11BrO3.C6H11BrO2.C6H5BrO/c11-8-3-5-9(6-4-8)14-7-1-2-10(12)13;1-2-9-6(8)4-3-5-7;7-5-1-3-6(8)4-2-5/h3-6H,1-2,7H2,(H,12,13);2-5H2,1H3;1-4,8H. The molecular weight excluding hydrogens is 600 g/mol. The molecule has 2 N–H and O–H groups in total. The summed E-state index contributed by atoms with van der Waals surface area (Å²) in [6.45, 7) is 2.74. The lowest BCUT2D eigenvalue weighted by atomic mass is 10.3. The van der Waals surface area contributed by atoms with E-state index in [9.17, 15) is 9.59 Å². The minimum absolute atomic E-state index is 0.100. The van der Waals surface area contributed by atoms with Crippen molar-refractivity contribution < 1.29 is 29.3 Å². The first-order valence-corrected chi connectivity index (χ1v) is 12.3. The Morgan fingerprint density at radius 3 is 1.90 bits per heavy atom. The number of alkyl halides is 1. The van der Waals surface area contributed by atoms with Crippen LogP contribution in [0.4, 0.5) is 0 Å². The third-order valence-electron chi connectivity index (χ3n) is 3.26. The topological polar surface area (TPSA) is 93.1 Å². The normalized spacial score (nSPS) is 9.42. The maximum absolute atomic E-state index is 10.6. The molecule has 0 heterocycles. The Labute approximate surface area is 208 Å². The molecule has 2 aromatic rings. The SMILES string of the molecule is CCOC(=O)CCCBr.O=C(O)CCCOc1ccc(Br)cc1.Oc1ccc(Br)cc1. The van der Waals surface area contributed by atoms with Crippen LogP contribution in [0.15, 0.2) is 57.5 Å². The lowest BCUT2D eigenvalue weighted by Gasteiger charge is -2.04. The van der Waals surface area contributed by atoms with Crippen LogP contribution in [0.25, 0.3) is 0 Å². The molecule has 0 aliphatic heterocycles. The second-order valence-corrected chi connectivity index (χ2v) is 8.50. The number of aliphatic carboxylic acids is 1. The van der Waals surface area contributed by atoms with Crippen LogP contribution in [0.2, 0.25) is 0 Å². The van der Waals surface area contributed by atoms with Crippen LogP contribution in [0.1, 0.15) is 32.6 Å². The Kier molecular flexibility index (Phi) is 18.2. The number of rotatable bonds is 9. The Morgan fingerprint density at radius 1 is 0.903 bits per heavy atom. The number of phenolic OH excluding ortho intramolecular Hbond substituents is 1. The van der Waals surface area contributed by atoms with Gasteiger partial charge in [-0.15, -0.1) is 0 Å². The fraction of sp³-hybridized carbons (Fsp3) is 0.364. The summed E-state index contributed by atoms with van der Waals surface area (Å²) in [5.74, 6) is 0.174. The van der Waals surface area contributed by atoms with E-state index in [0.29, 0.717) is 31.8 Å². The third-order valence-corrected chi connectivity index (χ3v) is 4.88. The van der Waals surface area contributed by atoms with Crippen LogP contribution in [0.5, 0.6) is 11.5 Å². The Morgan fingerprint density at radius 2 is 1.45 bits per heavy atom. The number of carbonyl (C=O) groups excluding carboxylic acids is 1. The van der Waals surface area contributed by atoms with Crippen molar-refractivity contribution in [1.82, 2.24) is 0 Å². The van der Waals surface area contributed by atoms with Gasteiger partial charge in [0.05, 0.1) is 13.2 Å². The molecule has 0 fully saturated rings. The molecule has 2 rings (SSSR count). The van der Waals surface area contributed by atoms with Gasteiger partial charge in [-0.3, -0.25) is 9.59 Å². The van der Waals surface area contributed by atoms with Gasteiger partial charge in [0.25, 0.3) is 0 Å². The van der Waals surface area contributed by atoms with Gasteiger partial charge in [0, 0.05) is 27.1 Å². The Bertz CT molecular complexity index is 715. The number of hydrogen-bond donors (Lipinski definition) is 2. The van der Waals surface area contributed by atoms with Gasteiger partial charge < -0.3 is 19.7 Å². The van der Waals surface area contributed by atoms with Crippen LogP contribution in [0.3, 0.4) is 0 Å². The number of carbonyl (C=O) groups is 2. The van der Waals surface area contributed by atoms with E-state index in [1.54, 1.807) is 24.3 Å². The number of ether oxygens (including phenoxy) is 2. The highest BCUT2D eigenvalue weighted by Gasteiger charge is 1.98. The number of carboxylic acid groups (broad SMARTS) is 1. The monoisotopic (exact) mass is 624 g/mol.